The van der Waals surface area contributed by atoms with Crippen LogP contribution in [-0.4, -0.2) is 33.5 Å². The maximum Gasteiger partial charge on any atom is 0.287 e. The molecule has 0 unspecified atom stereocenters. The molecule has 0 saturated carbocycles. The minimum Gasteiger partial charge on any atom is -0.456 e. The molecular formula is C16H24N4O2S. The number of nitrogens with zero attached hydrogens (tertiary/aromatic N) is 3. The normalized spacial score (nSPS) is 11.2. The highest BCUT2D eigenvalue weighted by atomic mass is 32.1. The van der Waals surface area contributed by atoms with E-state index in [-0.39, 0.29) is 5.91 Å². The van der Waals surface area contributed by atoms with Gasteiger partial charge in [-0.2, -0.15) is 0 Å². The topological polar surface area (TPSA) is 71.3 Å². The van der Waals surface area contributed by atoms with Crippen molar-refractivity contribution in [1.29, 1.82) is 0 Å². The lowest BCUT2D eigenvalue weighted by Gasteiger charge is -2.17. The summed E-state index contributed by atoms with van der Waals surface area (Å²) in [5, 5.41) is 6.81. The summed E-state index contributed by atoms with van der Waals surface area (Å²) in [6.45, 7) is 11.4. The van der Waals surface area contributed by atoms with Crippen LogP contribution in [0.4, 0.5) is 0 Å². The Kier molecular flexibility index (Phi) is 6.29. The first-order valence-electron chi connectivity index (χ1n) is 7.98. The van der Waals surface area contributed by atoms with Crippen LogP contribution in [0.15, 0.2) is 10.5 Å². The molecule has 0 radical (unpaired) electrons. The molecule has 0 aliphatic heterocycles. The van der Waals surface area contributed by atoms with Crippen LogP contribution in [-0.2, 0) is 19.5 Å². The predicted octanol–water partition coefficient (Wildman–Crippen LogP) is 2.77. The van der Waals surface area contributed by atoms with Gasteiger partial charge in [-0.05, 0) is 37.6 Å². The fraction of sp³-hybridized carbons (Fsp3) is 0.562. The quantitative estimate of drug-likeness (QED) is 0.802. The van der Waals surface area contributed by atoms with E-state index in [4.69, 9.17) is 4.42 Å². The molecule has 0 aliphatic carbocycles. The zero-order valence-corrected chi connectivity index (χ0v) is 15.0. The minimum absolute atomic E-state index is 0.196. The molecule has 0 aromatic carbocycles. The molecule has 2 rings (SSSR count). The molecule has 0 bridgehead atoms. The van der Waals surface area contributed by atoms with Gasteiger partial charge in [0.2, 0.25) is 0 Å². The second-order valence-electron chi connectivity index (χ2n) is 5.34. The van der Waals surface area contributed by atoms with Gasteiger partial charge in [-0.1, -0.05) is 25.3 Å². The van der Waals surface area contributed by atoms with E-state index < -0.39 is 0 Å². The Bertz CT molecular complexity index is 646. The fourth-order valence-corrected chi connectivity index (χ4v) is 2.93. The molecule has 0 fully saturated rings. The lowest BCUT2D eigenvalue weighted by Crippen LogP contribution is -2.23. The highest BCUT2D eigenvalue weighted by molar-refractivity contribution is 7.05. The van der Waals surface area contributed by atoms with Gasteiger partial charge < -0.3 is 9.73 Å². The van der Waals surface area contributed by atoms with Crippen molar-refractivity contribution >= 4 is 17.4 Å². The Labute approximate surface area is 141 Å². The summed E-state index contributed by atoms with van der Waals surface area (Å²) in [4.78, 5) is 15.6. The highest BCUT2D eigenvalue weighted by Crippen LogP contribution is 2.19. The van der Waals surface area contributed by atoms with Crippen LogP contribution in [0.2, 0.25) is 0 Å². The van der Waals surface area contributed by atoms with Gasteiger partial charge in [-0.3, -0.25) is 9.69 Å². The van der Waals surface area contributed by atoms with Gasteiger partial charge in [0.05, 0.1) is 17.1 Å². The third-order valence-electron chi connectivity index (χ3n) is 3.88. The van der Waals surface area contributed by atoms with Gasteiger partial charge in [0, 0.05) is 18.5 Å². The zero-order chi connectivity index (χ0) is 16.8. The molecule has 2 aromatic heterocycles. The second kappa shape index (κ2) is 8.21. The maximum absolute atomic E-state index is 12.3. The van der Waals surface area contributed by atoms with Gasteiger partial charge in [-0.25, -0.2) is 0 Å². The Hall–Kier alpha value is -1.73. The summed E-state index contributed by atoms with van der Waals surface area (Å²) in [7, 11) is 0. The summed E-state index contributed by atoms with van der Waals surface area (Å²) in [6.07, 6.45) is 0.780. The monoisotopic (exact) mass is 336 g/mol. The van der Waals surface area contributed by atoms with Crippen molar-refractivity contribution in [3.05, 3.63) is 33.7 Å². The number of carbonyl (C=O) groups excluding carboxylic acids is 1. The van der Waals surface area contributed by atoms with E-state index in [0.29, 0.717) is 12.3 Å². The van der Waals surface area contributed by atoms with Crippen LogP contribution < -0.4 is 5.32 Å². The van der Waals surface area contributed by atoms with E-state index >= 15 is 0 Å². The third kappa shape index (κ3) is 4.39. The van der Waals surface area contributed by atoms with Crippen LogP contribution in [0, 0.1) is 6.92 Å². The van der Waals surface area contributed by atoms with Gasteiger partial charge in [-0.15, -0.1) is 5.10 Å². The zero-order valence-electron chi connectivity index (χ0n) is 14.2. The number of aryl methyl sites for hydroxylation is 2. The minimum atomic E-state index is -0.196. The molecule has 0 saturated heterocycles. The Morgan fingerprint density at radius 2 is 2.09 bits per heavy atom. The molecule has 1 amide bonds. The number of rotatable bonds is 8. The molecule has 23 heavy (non-hydrogen) atoms. The smallest absolute Gasteiger partial charge is 0.287 e. The maximum atomic E-state index is 12.3. The van der Waals surface area contributed by atoms with Crippen molar-refractivity contribution in [3.63, 3.8) is 0 Å². The third-order valence-corrected chi connectivity index (χ3v) is 4.71. The van der Waals surface area contributed by atoms with Crippen molar-refractivity contribution in [1.82, 2.24) is 19.8 Å². The van der Waals surface area contributed by atoms with Crippen molar-refractivity contribution < 1.29 is 9.21 Å². The molecular weight excluding hydrogens is 312 g/mol. The molecule has 0 aliphatic rings. The molecule has 2 heterocycles. The van der Waals surface area contributed by atoms with Crippen LogP contribution in [0.25, 0.3) is 0 Å². The summed E-state index contributed by atoms with van der Waals surface area (Å²) in [5.74, 6) is 1.06. The van der Waals surface area contributed by atoms with E-state index in [1.165, 1.54) is 11.5 Å². The summed E-state index contributed by atoms with van der Waals surface area (Å²) < 4.78 is 9.62. The van der Waals surface area contributed by atoms with Crippen molar-refractivity contribution in [2.45, 2.75) is 47.2 Å². The van der Waals surface area contributed by atoms with Crippen molar-refractivity contribution in [3.8, 4) is 0 Å². The highest BCUT2D eigenvalue weighted by Gasteiger charge is 2.17. The lowest BCUT2D eigenvalue weighted by molar-refractivity contribution is 0.0922. The molecule has 2 aromatic rings. The Balaban J connectivity index is 2.05. The molecule has 7 heteroatoms. The average Bonchev–Trinajstić information content (AvgIpc) is 3.16. The first kappa shape index (κ1) is 17.6. The van der Waals surface area contributed by atoms with Crippen LogP contribution in [0.1, 0.15) is 53.2 Å². The van der Waals surface area contributed by atoms with Crippen molar-refractivity contribution in [2.24, 2.45) is 0 Å². The van der Waals surface area contributed by atoms with Gasteiger partial charge in [0.15, 0.2) is 5.76 Å². The van der Waals surface area contributed by atoms with E-state index in [1.807, 2.05) is 19.9 Å². The first-order chi connectivity index (χ1) is 11.1. The summed E-state index contributed by atoms with van der Waals surface area (Å²) in [6, 6.07) is 1.87. The lowest BCUT2D eigenvalue weighted by atomic mass is 10.2. The Morgan fingerprint density at radius 3 is 2.65 bits per heavy atom. The number of nitrogens with one attached hydrogen (secondary N) is 1. The Morgan fingerprint density at radius 1 is 1.35 bits per heavy atom. The van der Waals surface area contributed by atoms with Gasteiger partial charge in [0.25, 0.3) is 5.91 Å². The van der Waals surface area contributed by atoms with Crippen LogP contribution in [0.5, 0.6) is 0 Å². The number of carbonyl (C=O) groups is 1. The SMILES string of the molecule is CCc1oc(C(=O)NCc2snnc2C)cc1CN(CC)CC. The molecule has 6 nitrogen and oxygen atoms in total. The van der Waals surface area contributed by atoms with E-state index in [0.717, 1.165) is 47.9 Å². The summed E-state index contributed by atoms with van der Waals surface area (Å²) in [5.41, 5.74) is 1.95. The summed E-state index contributed by atoms with van der Waals surface area (Å²) >= 11 is 1.30. The first-order valence-corrected chi connectivity index (χ1v) is 8.76. The van der Waals surface area contributed by atoms with E-state index in [1.54, 1.807) is 0 Å². The predicted molar refractivity (Wildman–Crippen MR) is 90.5 cm³/mol. The van der Waals surface area contributed by atoms with Gasteiger partial charge >= 0.3 is 0 Å². The number of hydrogen-bond acceptors (Lipinski definition) is 6. The van der Waals surface area contributed by atoms with Gasteiger partial charge in [0.1, 0.15) is 5.76 Å². The van der Waals surface area contributed by atoms with E-state index in [2.05, 4.69) is 33.7 Å². The number of hydrogen-bond donors (Lipinski definition) is 1. The molecule has 0 spiro atoms. The van der Waals surface area contributed by atoms with Crippen molar-refractivity contribution in [2.75, 3.05) is 13.1 Å². The van der Waals surface area contributed by atoms with Crippen LogP contribution in [0.3, 0.4) is 0 Å². The fourth-order valence-electron chi connectivity index (χ4n) is 2.36. The van der Waals surface area contributed by atoms with Crippen LogP contribution >= 0.6 is 11.5 Å². The second-order valence-corrected chi connectivity index (χ2v) is 6.18. The van der Waals surface area contributed by atoms with E-state index in [9.17, 15) is 4.79 Å². The average molecular weight is 336 g/mol. The molecule has 126 valence electrons. The molecule has 0 atom stereocenters. The number of amides is 1. The number of aromatic nitrogens is 2. The largest absolute Gasteiger partial charge is 0.456 e. The number of furan rings is 1. The standard InChI is InChI=1S/C16H24N4O2S/c1-5-13-12(10-20(6-2)7-3)8-14(22-13)16(21)17-9-15-11(4)18-19-23-15/h8H,5-7,9-10H2,1-4H3,(H,17,21). The molecule has 1 N–H and O–H groups in total.